The van der Waals surface area contributed by atoms with E-state index in [9.17, 15) is 4.79 Å². The first-order valence-electron chi connectivity index (χ1n) is 6.29. The van der Waals surface area contributed by atoms with Gasteiger partial charge in [-0.2, -0.15) is 0 Å². The van der Waals surface area contributed by atoms with Gasteiger partial charge in [0.05, 0.1) is 12.5 Å². The Hall–Kier alpha value is -1.87. The van der Waals surface area contributed by atoms with E-state index in [0.29, 0.717) is 12.2 Å². The zero-order valence-corrected chi connectivity index (χ0v) is 12.2. The van der Waals surface area contributed by atoms with E-state index < -0.39 is 5.41 Å². The molecule has 1 atom stereocenters. The Balaban J connectivity index is 2.41. The summed E-state index contributed by atoms with van der Waals surface area (Å²) < 4.78 is 5.22. The molecule has 0 aliphatic heterocycles. The molecule has 0 N–H and O–H groups in total. The van der Waals surface area contributed by atoms with Crippen LogP contribution in [-0.4, -0.2) is 17.3 Å². The number of rotatable bonds is 5. The van der Waals surface area contributed by atoms with Crippen molar-refractivity contribution in [2.45, 2.75) is 18.8 Å². The van der Waals surface area contributed by atoms with Gasteiger partial charge in [0.2, 0.25) is 5.24 Å². The van der Waals surface area contributed by atoms with Gasteiger partial charge in [-0.1, -0.05) is 12.1 Å². The summed E-state index contributed by atoms with van der Waals surface area (Å²) in [5, 5.41) is -0.387. The van der Waals surface area contributed by atoms with Crippen molar-refractivity contribution in [2.24, 2.45) is 0 Å². The van der Waals surface area contributed by atoms with Crippen LogP contribution in [0.25, 0.3) is 0 Å². The van der Waals surface area contributed by atoms with E-state index in [1.165, 1.54) is 0 Å². The highest BCUT2D eigenvalue weighted by molar-refractivity contribution is 6.65. The Morgan fingerprint density at radius 3 is 2.60 bits per heavy atom. The van der Waals surface area contributed by atoms with Crippen molar-refractivity contribution < 1.29 is 9.53 Å². The number of halogens is 1. The Morgan fingerprint density at radius 1 is 1.30 bits per heavy atom. The average Bonchev–Trinajstić information content (AvgIpc) is 2.48. The first-order chi connectivity index (χ1) is 9.56. The number of carbonyl (C=O) groups is 1. The number of pyridine rings is 1. The monoisotopic (exact) mass is 289 g/mol. The highest BCUT2D eigenvalue weighted by Crippen LogP contribution is 2.32. The molecule has 2 aromatic rings. The maximum absolute atomic E-state index is 12.0. The van der Waals surface area contributed by atoms with Crippen molar-refractivity contribution in [3.63, 3.8) is 0 Å². The van der Waals surface area contributed by atoms with Crippen molar-refractivity contribution >= 4 is 16.8 Å². The van der Waals surface area contributed by atoms with Gasteiger partial charge in [-0.3, -0.25) is 9.78 Å². The topological polar surface area (TPSA) is 39.2 Å². The lowest BCUT2D eigenvalue weighted by molar-refractivity contribution is -0.116. The summed E-state index contributed by atoms with van der Waals surface area (Å²) in [7, 11) is 1.60. The molecule has 1 aromatic carbocycles. The van der Waals surface area contributed by atoms with E-state index in [1.54, 1.807) is 19.5 Å². The van der Waals surface area contributed by atoms with Gasteiger partial charge >= 0.3 is 0 Å². The van der Waals surface area contributed by atoms with Crippen LogP contribution in [-0.2, 0) is 16.6 Å². The second kappa shape index (κ2) is 6.06. The number of carbonyl (C=O) groups excluding carboxylic acids is 1. The molecule has 3 nitrogen and oxygen atoms in total. The van der Waals surface area contributed by atoms with E-state index in [4.69, 9.17) is 16.3 Å². The van der Waals surface area contributed by atoms with Crippen molar-refractivity contribution in [3.8, 4) is 5.75 Å². The van der Waals surface area contributed by atoms with Crippen molar-refractivity contribution in [3.05, 3.63) is 59.9 Å². The van der Waals surface area contributed by atoms with Gasteiger partial charge in [-0.25, -0.2) is 0 Å². The number of nitrogens with zero attached hydrogens (tertiary/aromatic N) is 1. The number of methoxy groups -OCH3 is 1. The zero-order valence-electron chi connectivity index (χ0n) is 11.5. The summed E-state index contributed by atoms with van der Waals surface area (Å²) in [4.78, 5) is 16.0. The lowest BCUT2D eigenvalue weighted by Crippen LogP contribution is -2.31. The molecule has 4 heteroatoms. The molecule has 1 heterocycles. The fourth-order valence-electron chi connectivity index (χ4n) is 2.16. The number of hydrogen-bond donors (Lipinski definition) is 0. The van der Waals surface area contributed by atoms with Crippen LogP contribution in [0.15, 0.2) is 48.8 Å². The van der Waals surface area contributed by atoms with E-state index in [-0.39, 0.29) is 5.24 Å². The van der Waals surface area contributed by atoms with Crippen LogP contribution in [0.2, 0.25) is 0 Å². The molecular formula is C16H16ClNO2. The maximum atomic E-state index is 12.0. The number of hydrogen-bond acceptors (Lipinski definition) is 3. The first-order valence-corrected chi connectivity index (χ1v) is 6.67. The Kier molecular flexibility index (Phi) is 4.40. The van der Waals surface area contributed by atoms with Gasteiger partial charge in [0.15, 0.2) is 0 Å². The average molecular weight is 290 g/mol. The highest BCUT2D eigenvalue weighted by Gasteiger charge is 2.34. The van der Waals surface area contributed by atoms with Gasteiger partial charge in [-0.05, 0) is 60.3 Å². The third kappa shape index (κ3) is 2.99. The minimum absolute atomic E-state index is 0.387. The number of benzene rings is 1. The van der Waals surface area contributed by atoms with E-state index in [1.807, 2.05) is 43.3 Å². The molecule has 1 unspecified atom stereocenters. The SMILES string of the molecule is COc1cccc(C(C)(Cc2ccncc2)C(=O)Cl)c1. The molecule has 2 rings (SSSR count). The fourth-order valence-corrected chi connectivity index (χ4v) is 2.34. The van der Waals surface area contributed by atoms with Crippen molar-refractivity contribution in [1.82, 2.24) is 4.98 Å². The van der Waals surface area contributed by atoms with Gasteiger partial charge in [-0.15, -0.1) is 0 Å². The van der Waals surface area contributed by atoms with Crippen LogP contribution in [0.1, 0.15) is 18.1 Å². The second-order valence-corrected chi connectivity index (χ2v) is 5.21. The quantitative estimate of drug-likeness (QED) is 0.792. The maximum Gasteiger partial charge on any atom is 0.232 e. The molecule has 104 valence electrons. The van der Waals surface area contributed by atoms with E-state index >= 15 is 0 Å². The molecule has 0 spiro atoms. The molecule has 0 saturated carbocycles. The molecule has 20 heavy (non-hydrogen) atoms. The summed E-state index contributed by atoms with van der Waals surface area (Å²) in [6.07, 6.45) is 3.94. The summed E-state index contributed by atoms with van der Waals surface area (Å²) in [5.74, 6) is 0.710. The third-order valence-electron chi connectivity index (χ3n) is 3.45. The Bertz CT molecular complexity index is 600. The molecule has 0 radical (unpaired) electrons. The molecule has 0 aliphatic carbocycles. The molecule has 1 aromatic heterocycles. The normalized spacial score (nSPS) is 13.6. The predicted octanol–water partition coefficient (Wildman–Crippen LogP) is 3.36. The number of ether oxygens (including phenoxy) is 1. The lowest BCUT2D eigenvalue weighted by Gasteiger charge is -2.26. The van der Waals surface area contributed by atoms with Crippen LogP contribution in [0, 0.1) is 0 Å². The van der Waals surface area contributed by atoms with Crippen LogP contribution in [0.4, 0.5) is 0 Å². The molecule has 0 fully saturated rings. The van der Waals surface area contributed by atoms with Gasteiger partial charge < -0.3 is 4.74 Å². The second-order valence-electron chi connectivity index (χ2n) is 4.87. The minimum atomic E-state index is -0.794. The summed E-state index contributed by atoms with van der Waals surface area (Å²) in [6, 6.07) is 11.2. The van der Waals surface area contributed by atoms with Crippen molar-refractivity contribution in [2.75, 3.05) is 7.11 Å². The Labute approximate surface area is 123 Å². The lowest BCUT2D eigenvalue weighted by atomic mass is 9.78. The third-order valence-corrected chi connectivity index (χ3v) is 3.86. The number of aromatic nitrogens is 1. The van der Waals surface area contributed by atoms with E-state index in [0.717, 1.165) is 11.1 Å². The zero-order chi connectivity index (χ0) is 14.6. The summed E-state index contributed by atoms with van der Waals surface area (Å²) >= 11 is 5.87. The van der Waals surface area contributed by atoms with Crippen LogP contribution in [0.5, 0.6) is 5.75 Å². The molecule has 0 saturated heterocycles. The summed E-state index contributed by atoms with van der Waals surface area (Å²) in [6.45, 7) is 1.84. The van der Waals surface area contributed by atoms with Gasteiger partial charge in [0.1, 0.15) is 5.75 Å². The standard InChI is InChI=1S/C16H16ClNO2/c1-16(15(17)19,11-12-6-8-18-9-7-12)13-4-3-5-14(10-13)20-2/h3-10H,11H2,1-2H3. The Morgan fingerprint density at radius 2 is 2.00 bits per heavy atom. The molecular weight excluding hydrogens is 274 g/mol. The first kappa shape index (κ1) is 14.5. The van der Waals surface area contributed by atoms with Crippen LogP contribution in [0.3, 0.4) is 0 Å². The summed E-state index contributed by atoms with van der Waals surface area (Å²) in [5.41, 5.74) is 1.06. The molecule has 0 amide bonds. The van der Waals surface area contributed by atoms with Crippen molar-refractivity contribution in [1.29, 1.82) is 0 Å². The smallest absolute Gasteiger partial charge is 0.232 e. The van der Waals surface area contributed by atoms with Crippen LogP contribution >= 0.6 is 11.6 Å². The van der Waals surface area contributed by atoms with Gasteiger partial charge in [0, 0.05) is 12.4 Å². The molecule has 0 aliphatic rings. The largest absolute Gasteiger partial charge is 0.497 e. The fraction of sp³-hybridized carbons (Fsp3) is 0.250. The minimum Gasteiger partial charge on any atom is -0.497 e. The van der Waals surface area contributed by atoms with Gasteiger partial charge in [0.25, 0.3) is 0 Å². The van der Waals surface area contributed by atoms with Crippen LogP contribution < -0.4 is 4.74 Å². The molecule has 0 bridgehead atoms. The highest BCUT2D eigenvalue weighted by atomic mass is 35.5. The predicted molar refractivity (Wildman–Crippen MR) is 79.1 cm³/mol. The van der Waals surface area contributed by atoms with E-state index in [2.05, 4.69) is 4.98 Å².